The van der Waals surface area contributed by atoms with Crippen molar-refractivity contribution in [3.05, 3.63) is 34.9 Å². The van der Waals surface area contributed by atoms with E-state index < -0.39 is 5.60 Å². The highest BCUT2D eigenvalue weighted by molar-refractivity contribution is 14.0. The molecule has 1 aromatic rings. The monoisotopic (exact) mass is 536 g/mol. The van der Waals surface area contributed by atoms with Crippen LogP contribution in [0.3, 0.4) is 0 Å². The van der Waals surface area contributed by atoms with Gasteiger partial charge in [0.2, 0.25) is 5.91 Å². The number of piperazine rings is 1. The summed E-state index contributed by atoms with van der Waals surface area (Å²) in [6.45, 7) is 6.33. The first-order chi connectivity index (χ1) is 13.5. The summed E-state index contributed by atoms with van der Waals surface area (Å²) in [5, 5.41) is 14.6. The standard InChI is InChI=1S/C20H29ClN4O3.HI/c1-2-22-19(23-15-20(27)7-11-28-12-8-20)25-10-9-24(18(26)14-25)13-16-3-5-17(21)6-4-16;/h3-6,27H,2,7-15H2,1H3,(H,22,23);1H. The third-order valence-electron chi connectivity index (χ3n) is 5.19. The molecule has 0 radical (unpaired) electrons. The van der Waals surface area contributed by atoms with Crippen LogP contribution in [0.1, 0.15) is 25.3 Å². The zero-order valence-corrected chi connectivity index (χ0v) is 19.9. The number of nitrogens with zero attached hydrogens (tertiary/aromatic N) is 3. The van der Waals surface area contributed by atoms with Gasteiger partial charge in [-0.3, -0.25) is 9.79 Å². The van der Waals surface area contributed by atoms with Gasteiger partial charge in [-0.2, -0.15) is 0 Å². The number of guanidine groups is 1. The number of aliphatic imine (C=N–C) groups is 1. The largest absolute Gasteiger partial charge is 0.388 e. The van der Waals surface area contributed by atoms with Gasteiger partial charge >= 0.3 is 0 Å². The van der Waals surface area contributed by atoms with Gasteiger partial charge in [0.15, 0.2) is 5.96 Å². The number of benzene rings is 1. The molecule has 0 spiro atoms. The Balaban J connectivity index is 0.00000300. The first kappa shape index (κ1) is 24.2. The highest BCUT2D eigenvalue weighted by Gasteiger charge is 2.31. The van der Waals surface area contributed by atoms with E-state index in [0.29, 0.717) is 69.8 Å². The Morgan fingerprint density at radius 2 is 1.97 bits per heavy atom. The number of hydrogen-bond acceptors (Lipinski definition) is 4. The molecule has 0 saturated carbocycles. The average Bonchev–Trinajstić information content (AvgIpc) is 2.69. The fraction of sp³-hybridized carbons (Fsp3) is 0.600. The molecule has 0 aliphatic carbocycles. The number of aliphatic hydroxyl groups is 1. The molecule has 2 fully saturated rings. The van der Waals surface area contributed by atoms with Gasteiger partial charge < -0.3 is 25.0 Å². The zero-order valence-electron chi connectivity index (χ0n) is 16.8. The van der Waals surface area contributed by atoms with Crippen molar-refractivity contribution in [3.63, 3.8) is 0 Å². The molecule has 0 atom stereocenters. The number of hydrogen-bond donors (Lipinski definition) is 2. The zero-order chi connectivity index (χ0) is 20.0. The highest BCUT2D eigenvalue weighted by atomic mass is 127. The van der Waals surface area contributed by atoms with E-state index in [-0.39, 0.29) is 36.4 Å². The fourth-order valence-corrected chi connectivity index (χ4v) is 3.55. The molecule has 0 bridgehead atoms. The fourth-order valence-electron chi connectivity index (χ4n) is 3.42. The third kappa shape index (κ3) is 6.97. The predicted octanol–water partition coefficient (Wildman–Crippen LogP) is 2.11. The van der Waals surface area contributed by atoms with Crippen molar-refractivity contribution in [1.82, 2.24) is 15.1 Å². The number of rotatable bonds is 5. The lowest BCUT2D eigenvalue weighted by Gasteiger charge is -2.37. The Morgan fingerprint density at radius 3 is 2.59 bits per heavy atom. The molecule has 2 saturated heterocycles. The summed E-state index contributed by atoms with van der Waals surface area (Å²) >= 11 is 5.93. The molecule has 0 unspecified atom stereocenters. The molecular weight excluding hydrogens is 507 g/mol. The molecule has 2 heterocycles. The number of carbonyl (C=O) groups is 1. The number of amides is 1. The van der Waals surface area contributed by atoms with Crippen LogP contribution in [0.5, 0.6) is 0 Å². The maximum absolute atomic E-state index is 12.7. The van der Waals surface area contributed by atoms with E-state index >= 15 is 0 Å². The quantitative estimate of drug-likeness (QED) is 0.343. The maximum atomic E-state index is 12.7. The lowest BCUT2D eigenvalue weighted by molar-refractivity contribution is -0.135. The molecule has 1 aromatic carbocycles. The first-order valence-electron chi connectivity index (χ1n) is 9.85. The summed E-state index contributed by atoms with van der Waals surface area (Å²) in [6.07, 6.45) is 1.17. The van der Waals surface area contributed by atoms with Crippen molar-refractivity contribution in [2.75, 3.05) is 45.9 Å². The number of ether oxygens (including phenoxy) is 1. The number of carbonyl (C=O) groups excluding carboxylic acids is 1. The van der Waals surface area contributed by atoms with Gasteiger partial charge in [-0.05, 0) is 24.6 Å². The smallest absolute Gasteiger partial charge is 0.242 e. The van der Waals surface area contributed by atoms with E-state index in [1.54, 1.807) is 0 Å². The van der Waals surface area contributed by atoms with E-state index in [2.05, 4.69) is 10.3 Å². The van der Waals surface area contributed by atoms with E-state index in [1.807, 2.05) is 41.0 Å². The lowest BCUT2D eigenvalue weighted by Crippen LogP contribution is -2.55. The molecule has 2 aliphatic heterocycles. The second-order valence-electron chi connectivity index (χ2n) is 7.37. The van der Waals surface area contributed by atoms with Crippen molar-refractivity contribution in [3.8, 4) is 0 Å². The van der Waals surface area contributed by atoms with Crippen LogP contribution in [0, 0.1) is 0 Å². The van der Waals surface area contributed by atoms with Gasteiger partial charge in [-0.15, -0.1) is 24.0 Å². The molecule has 162 valence electrons. The van der Waals surface area contributed by atoms with Crippen molar-refractivity contribution < 1.29 is 14.6 Å². The molecule has 2 aliphatic rings. The van der Waals surface area contributed by atoms with Crippen molar-refractivity contribution in [2.24, 2.45) is 4.99 Å². The highest BCUT2D eigenvalue weighted by Crippen LogP contribution is 2.21. The van der Waals surface area contributed by atoms with Crippen LogP contribution in [0.25, 0.3) is 0 Å². The van der Waals surface area contributed by atoms with E-state index in [4.69, 9.17) is 16.3 Å². The van der Waals surface area contributed by atoms with Crippen molar-refractivity contribution in [2.45, 2.75) is 31.9 Å². The molecule has 29 heavy (non-hydrogen) atoms. The molecule has 1 amide bonds. The number of halogens is 2. The topological polar surface area (TPSA) is 77.4 Å². The van der Waals surface area contributed by atoms with E-state index in [9.17, 15) is 9.90 Å². The predicted molar refractivity (Wildman–Crippen MR) is 125 cm³/mol. The van der Waals surface area contributed by atoms with Crippen LogP contribution in [0.2, 0.25) is 5.02 Å². The summed E-state index contributed by atoms with van der Waals surface area (Å²) in [6, 6.07) is 7.58. The normalized spacial score (nSPS) is 19.7. The average molecular weight is 537 g/mol. The Bertz CT molecular complexity index is 695. The van der Waals surface area contributed by atoms with Gasteiger partial charge in [0.25, 0.3) is 0 Å². The Hall–Kier alpha value is -1.10. The number of nitrogens with one attached hydrogen (secondary N) is 1. The Labute approximate surface area is 194 Å². The minimum Gasteiger partial charge on any atom is -0.388 e. The van der Waals surface area contributed by atoms with E-state index in [0.717, 1.165) is 5.56 Å². The lowest BCUT2D eigenvalue weighted by atomic mass is 9.95. The van der Waals surface area contributed by atoms with Crippen LogP contribution in [0.4, 0.5) is 0 Å². The van der Waals surface area contributed by atoms with Gasteiger partial charge in [0, 0.05) is 57.3 Å². The van der Waals surface area contributed by atoms with Gasteiger partial charge in [0.05, 0.1) is 18.7 Å². The van der Waals surface area contributed by atoms with Gasteiger partial charge in [-0.25, -0.2) is 0 Å². The summed E-state index contributed by atoms with van der Waals surface area (Å²) in [5.41, 5.74) is 0.243. The second-order valence-corrected chi connectivity index (χ2v) is 7.81. The van der Waals surface area contributed by atoms with Crippen molar-refractivity contribution in [1.29, 1.82) is 0 Å². The molecule has 3 rings (SSSR count). The van der Waals surface area contributed by atoms with Crippen LogP contribution < -0.4 is 5.32 Å². The van der Waals surface area contributed by atoms with Crippen LogP contribution in [-0.2, 0) is 16.1 Å². The van der Waals surface area contributed by atoms with Crippen molar-refractivity contribution >= 4 is 47.4 Å². The summed E-state index contributed by atoms with van der Waals surface area (Å²) in [7, 11) is 0. The van der Waals surface area contributed by atoms with Gasteiger partial charge in [0.1, 0.15) is 0 Å². The van der Waals surface area contributed by atoms with Crippen LogP contribution in [-0.4, -0.2) is 78.3 Å². The van der Waals surface area contributed by atoms with Gasteiger partial charge in [-0.1, -0.05) is 23.7 Å². The third-order valence-corrected chi connectivity index (χ3v) is 5.44. The van der Waals surface area contributed by atoms with Crippen LogP contribution >= 0.6 is 35.6 Å². The first-order valence-corrected chi connectivity index (χ1v) is 10.2. The molecule has 0 aromatic heterocycles. The Kier molecular flexibility index (Phi) is 9.45. The van der Waals surface area contributed by atoms with Crippen LogP contribution in [0.15, 0.2) is 29.3 Å². The molecule has 2 N–H and O–H groups in total. The maximum Gasteiger partial charge on any atom is 0.242 e. The Morgan fingerprint density at radius 1 is 1.28 bits per heavy atom. The molecule has 7 nitrogen and oxygen atoms in total. The summed E-state index contributed by atoms with van der Waals surface area (Å²) < 4.78 is 5.32. The summed E-state index contributed by atoms with van der Waals surface area (Å²) in [5.74, 6) is 0.749. The van der Waals surface area contributed by atoms with E-state index in [1.165, 1.54) is 0 Å². The summed E-state index contributed by atoms with van der Waals surface area (Å²) in [4.78, 5) is 21.1. The minimum absolute atomic E-state index is 0. The molecular formula is C20H30ClIN4O3. The SMILES string of the molecule is CCNC(=NCC1(O)CCOCC1)N1CCN(Cc2ccc(Cl)cc2)C(=O)C1.I. The molecule has 9 heteroatoms. The second kappa shape index (κ2) is 11.3. The minimum atomic E-state index is -0.820.